The van der Waals surface area contributed by atoms with Crippen LogP contribution in [-0.2, 0) is 6.42 Å². The maximum atomic E-state index is 12.1. The van der Waals surface area contributed by atoms with Gasteiger partial charge >= 0.3 is 0 Å². The second kappa shape index (κ2) is 5.58. The fraction of sp³-hybridized carbons (Fsp3) is 0.188. The van der Waals surface area contributed by atoms with Crippen molar-refractivity contribution in [2.75, 3.05) is 5.33 Å². The minimum Gasteiger partial charge on any atom is -0.321 e. The van der Waals surface area contributed by atoms with Gasteiger partial charge in [0.2, 0.25) is 0 Å². The van der Waals surface area contributed by atoms with Crippen LogP contribution in [0.4, 0.5) is 0 Å². The van der Waals surface area contributed by atoms with Gasteiger partial charge < -0.3 is 4.98 Å². The summed E-state index contributed by atoms with van der Waals surface area (Å²) in [4.78, 5) is 15.0. The molecule has 0 saturated carbocycles. The van der Waals surface area contributed by atoms with E-state index in [-0.39, 0.29) is 5.56 Å². The van der Waals surface area contributed by atoms with Crippen molar-refractivity contribution in [2.24, 2.45) is 0 Å². The molecule has 0 amide bonds. The van der Waals surface area contributed by atoms with E-state index in [9.17, 15) is 4.79 Å². The van der Waals surface area contributed by atoms with Crippen LogP contribution in [0.3, 0.4) is 0 Å². The average molecular weight is 351 g/mol. The van der Waals surface area contributed by atoms with Gasteiger partial charge in [0.15, 0.2) is 0 Å². The third kappa shape index (κ3) is 2.48. The van der Waals surface area contributed by atoms with Crippen LogP contribution in [0.25, 0.3) is 21.7 Å². The van der Waals surface area contributed by atoms with E-state index in [1.807, 2.05) is 18.2 Å². The average Bonchev–Trinajstić information content (AvgIpc) is 2.45. The van der Waals surface area contributed by atoms with Crippen molar-refractivity contribution in [3.63, 3.8) is 0 Å². The van der Waals surface area contributed by atoms with E-state index in [2.05, 4.69) is 33.0 Å². The van der Waals surface area contributed by atoms with Gasteiger partial charge in [-0.3, -0.25) is 4.79 Å². The van der Waals surface area contributed by atoms with Gasteiger partial charge in [0.1, 0.15) is 0 Å². The van der Waals surface area contributed by atoms with Crippen LogP contribution in [0.5, 0.6) is 0 Å². The van der Waals surface area contributed by atoms with E-state index in [4.69, 9.17) is 11.6 Å². The Kier molecular flexibility index (Phi) is 3.81. The Labute approximate surface area is 129 Å². The van der Waals surface area contributed by atoms with Crippen LogP contribution in [-0.4, -0.2) is 10.3 Å². The summed E-state index contributed by atoms with van der Waals surface area (Å²) in [7, 11) is 0. The first-order chi connectivity index (χ1) is 9.69. The zero-order valence-corrected chi connectivity index (χ0v) is 13.1. The number of nitrogens with one attached hydrogen (secondary N) is 1. The zero-order chi connectivity index (χ0) is 14.1. The predicted molar refractivity (Wildman–Crippen MR) is 89.2 cm³/mol. The molecule has 4 heteroatoms. The highest BCUT2D eigenvalue weighted by atomic mass is 79.9. The lowest BCUT2D eigenvalue weighted by Gasteiger charge is -2.07. The van der Waals surface area contributed by atoms with Gasteiger partial charge in [0.25, 0.3) is 5.56 Å². The van der Waals surface area contributed by atoms with Crippen LogP contribution in [0, 0.1) is 0 Å². The summed E-state index contributed by atoms with van der Waals surface area (Å²) in [5.41, 5.74) is 2.05. The molecule has 0 radical (unpaired) electrons. The van der Waals surface area contributed by atoms with E-state index >= 15 is 0 Å². The Morgan fingerprint density at radius 1 is 1.05 bits per heavy atom. The predicted octanol–water partition coefficient (Wildman–Crippen LogP) is 4.66. The Hall–Kier alpha value is -1.32. The number of halogens is 2. The van der Waals surface area contributed by atoms with Gasteiger partial charge in [-0.2, -0.15) is 0 Å². The molecule has 0 aliphatic heterocycles. The number of alkyl halides is 1. The van der Waals surface area contributed by atoms with E-state index < -0.39 is 0 Å². The van der Waals surface area contributed by atoms with Gasteiger partial charge in [-0.25, -0.2) is 0 Å². The van der Waals surface area contributed by atoms with Crippen LogP contribution in [0.1, 0.15) is 12.0 Å². The van der Waals surface area contributed by atoms with Crippen molar-refractivity contribution in [2.45, 2.75) is 12.8 Å². The molecule has 3 aromatic rings. The Bertz CT molecular complexity index is 841. The lowest BCUT2D eigenvalue weighted by molar-refractivity contribution is 0.941. The number of H-pyrrole nitrogens is 1. The first-order valence-electron chi connectivity index (χ1n) is 6.49. The number of hydrogen-bond acceptors (Lipinski definition) is 1. The first-order valence-corrected chi connectivity index (χ1v) is 7.99. The summed E-state index contributed by atoms with van der Waals surface area (Å²) in [5.74, 6) is 0. The Balaban J connectivity index is 2.29. The number of aromatic nitrogens is 1. The molecule has 102 valence electrons. The molecule has 0 aliphatic rings. The molecule has 3 rings (SSSR count). The van der Waals surface area contributed by atoms with E-state index in [0.29, 0.717) is 10.4 Å². The van der Waals surface area contributed by atoms with Crippen LogP contribution < -0.4 is 5.56 Å². The summed E-state index contributed by atoms with van der Waals surface area (Å²) >= 11 is 9.44. The molecule has 0 fully saturated rings. The summed E-state index contributed by atoms with van der Waals surface area (Å²) in [6, 6.07) is 11.7. The molecule has 0 spiro atoms. The molecule has 0 saturated heterocycles. The summed E-state index contributed by atoms with van der Waals surface area (Å²) in [6.07, 6.45) is 2.12. The number of pyridine rings is 1. The Morgan fingerprint density at radius 3 is 2.70 bits per heavy atom. The molecule has 20 heavy (non-hydrogen) atoms. The molecule has 0 bridgehead atoms. The first kappa shape index (κ1) is 13.7. The largest absolute Gasteiger partial charge is 0.321 e. The van der Waals surface area contributed by atoms with Crippen molar-refractivity contribution >= 4 is 49.2 Å². The van der Waals surface area contributed by atoms with Crippen molar-refractivity contribution in [3.05, 3.63) is 57.3 Å². The van der Waals surface area contributed by atoms with E-state index in [0.717, 1.165) is 34.5 Å². The third-order valence-corrected chi connectivity index (χ3v) is 4.24. The molecule has 0 unspecified atom stereocenters. The number of aromatic amines is 1. The number of benzene rings is 2. The van der Waals surface area contributed by atoms with Gasteiger partial charge in [-0.05, 0) is 48.1 Å². The third-order valence-electron chi connectivity index (χ3n) is 3.45. The van der Waals surface area contributed by atoms with Gasteiger partial charge in [0, 0.05) is 26.6 Å². The van der Waals surface area contributed by atoms with Crippen LogP contribution in [0.2, 0.25) is 5.02 Å². The van der Waals surface area contributed by atoms with Crippen molar-refractivity contribution < 1.29 is 0 Å². The van der Waals surface area contributed by atoms with Crippen molar-refractivity contribution in [1.82, 2.24) is 4.98 Å². The summed E-state index contributed by atoms with van der Waals surface area (Å²) < 4.78 is 0. The van der Waals surface area contributed by atoms with Gasteiger partial charge in [-0.1, -0.05) is 39.7 Å². The van der Waals surface area contributed by atoms with Crippen molar-refractivity contribution in [3.8, 4) is 0 Å². The quantitative estimate of drug-likeness (QED) is 0.541. The highest BCUT2D eigenvalue weighted by Crippen LogP contribution is 2.25. The van der Waals surface area contributed by atoms with Crippen LogP contribution in [0.15, 0.2) is 41.2 Å². The summed E-state index contributed by atoms with van der Waals surface area (Å²) in [6.45, 7) is 0. The molecule has 1 aromatic heterocycles. The molecule has 2 nitrogen and oxygen atoms in total. The number of hydrogen-bond donors (Lipinski definition) is 1. The maximum absolute atomic E-state index is 12.1. The van der Waals surface area contributed by atoms with Crippen LogP contribution >= 0.6 is 27.5 Å². The fourth-order valence-corrected chi connectivity index (χ4v) is 2.93. The fourth-order valence-electron chi connectivity index (χ4n) is 2.48. The minimum atomic E-state index is -0.0943. The second-order valence-electron chi connectivity index (χ2n) is 4.82. The van der Waals surface area contributed by atoms with Gasteiger partial charge in [-0.15, -0.1) is 0 Å². The Morgan fingerprint density at radius 2 is 1.90 bits per heavy atom. The lowest BCUT2D eigenvalue weighted by atomic mass is 10.0. The van der Waals surface area contributed by atoms with E-state index in [1.54, 1.807) is 6.07 Å². The highest BCUT2D eigenvalue weighted by molar-refractivity contribution is 9.09. The van der Waals surface area contributed by atoms with Gasteiger partial charge in [0.05, 0.1) is 0 Å². The molecule has 2 aromatic carbocycles. The number of rotatable bonds is 3. The molecule has 0 atom stereocenters. The van der Waals surface area contributed by atoms with E-state index in [1.165, 1.54) is 5.56 Å². The molecule has 1 N–H and O–H groups in total. The maximum Gasteiger partial charge on any atom is 0.256 e. The smallest absolute Gasteiger partial charge is 0.256 e. The number of fused-ring (bicyclic) bond motifs is 3. The molecular weight excluding hydrogens is 338 g/mol. The highest BCUT2D eigenvalue weighted by Gasteiger charge is 2.06. The normalized spacial score (nSPS) is 11.3. The second-order valence-corrected chi connectivity index (χ2v) is 6.05. The summed E-state index contributed by atoms with van der Waals surface area (Å²) in [5, 5.41) is 4.24. The molecule has 0 aliphatic carbocycles. The zero-order valence-electron chi connectivity index (χ0n) is 10.7. The monoisotopic (exact) mass is 349 g/mol. The molecular formula is C16H13BrClNO. The van der Waals surface area contributed by atoms with Crippen molar-refractivity contribution in [1.29, 1.82) is 0 Å². The standard InChI is InChI=1S/C16H13BrClNO/c17-7-1-2-10-3-6-15-13(8-10)12-5-4-11(18)9-14(12)16(20)19-15/h3-6,8-9H,1-2,7H2,(H,19,20). The lowest BCUT2D eigenvalue weighted by Crippen LogP contribution is -2.06. The number of aryl methyl sites for hydroxylation is 1. The minimum absolute atomic E-state index is 0.0943. The molecule has 1 heterocycles. The SMILES string of the molecule is O=c1[nH]c2ccc(CCCBr)cc2c2ccc(Cl)cc12. The topological polar surface area (TPSA) is 32.9 Å².